The van der Waals surface area contributed by atoms with Crippen molar-refractivity contribution >= 4 is 18.5 Å². The first-order valence-electron chi connectivity index (χ1n) is 5.01. The highest BCUT2D eigenvalue weighted by molar-refractivity contribution is 5.85. The Morgan fingerprint density at radius 1 is 1.53 bits per heavy atom. The van der Waals surface area contributed by atoms with E-state index in [0.29, 0.717) is 24.3 Å². The highest BCUT2D eigenvalue weighted by Crippen LogP contribution is 2.31. The van der Waals surface area contributed by atoms with Crippen LogP contribution < -0.4 is 10.1 Å². The van der Waals surface area contributed by atoms with E-state index in [9.17, 15) is 9.90 Å². The fraction of sp³-hybridized carbons (Fsp3) is 0.364. The van der Waals surface area contributed by atoms with Crippen molar-refractivity contribution in [3.63, 3.8) is 0 Å². The van der Waals surface area contributed by atoms with Crippen molar-refractivity contribution in [2.45, 2.75) is 12.5 Å². The van der Waals surface area contributed by atoms with Crippen LogP contribution in [-0.2, 0) is 4.74 Å². The van der Waals surface area contributed by atoms with Crippen LogP contribution in [0, 0.1) is 0 Å². The molecule has 1 heterocycles. The lowest BCUT2D eigenvalue weighted by Gasteiger charge is -2.24. The molecule has 0 spiro atoms. The van der Waals surface area contributed by atoms with E-state index in [4.69, 9.17) is 9.47 Å². The topological polar surface area (TPSA) is 67.8 Å². The predicted molar refractivity (Wildman–Crippen MR) is 63.7 cm³/mol. The summed E-state index contributed by atoms with van der Waals surface area (Å²) in [6.45, 7) is 0.363. The Morgan fingerprint density at radius 3 is 2.88 bits per heavy atom. The lowest BCUT2D eigenvalue weighted by atomic mass is 10.0. The third-order valence-electron chi connectivity index (χ3n) is 2.54. The summed E-state index contributed by atoms with van der Waals surface area (Å²) in [5, 5.41) is 12.4. The number of rotatable bonds is 2. The Morgan fingerprint density at radius 2 is 2.29 bits per heavy atom. The van der Waals surface area contributed by atoms with Crippen molar-refractivity contribution in [2.24, 2.45) is 0 Å². The van der Waals surface area contributed by atoms with Crippen LogP contribution in [0.4, 0.5) is 4.79 Å². The zero-order chi connectivity index (χ0) is 11.5. The molecule has 1 aliphatic rings. The van der Waals surface area contributed by atoms with E-state index < -0.39 is 6.09 Å². The van der Waals surface area contributed by atoms with Crippen molar-refractivity contribution < 1.29 is 19.4 Å². The van der Waals surface area contributed by atoms with Gasteiger partial charge in [0.2, 0.25) is 0 Å². The highest BCUT2D eigenvalue weighted by atomic mass is 35.5. The van der Waals surface area contributed by atoms with Crippen LogP contribution in [0.2, 0.25) is 0 Å². The van der Waals surface area contributed by atoms with E-state index in [-0.39, 0.29) is 24.2 Å². The molecule has 2 N–H and O–H groups in total. The van der Waals surface area contributed by atoms with Gasteiger partial charge in [0, 0.05) is 18.1 Å². The molecule has 5 nitrogen and oxygen atoms in total. The molecule has 94 valence electrons. The van der Waals surface area contributed by atoms with Gasteiger partial charge in [-0.25, -0.2) is 4.79 Å². The summed E-state index contributed by atoms with van der Waals surface area (Å²) in [4.78, 5) is 11.0. The minimum Gasteiger partial charge on any atom is -0.507 e. The second kappa shape index (κ2) is 5.63. The van der Waals surface area contributed by atoms with Crippen molar-refractivity contribution in [3.05, 3.63) is 23.8 Å². The Labute approximate surface area is 105 Å². The Bertz CT molecular complexity index is 410. The van der Waals surface area contributed by atoms with Gasteiger partial charge < -0.3 is 19.9 Å². The van der Waals surface area contributed by atoms with Crippen molar-refractivity contribution in [2.75, 3.05) is 13.7 Å². The number of hydrogen-bond acceptors (Lipinski definition) is 4. The predicted octanol–water partition coefficient (Wildman–Crippen LogP) is 1.99. The Hall–Kier alpha value is -1.62. The maximum absolute atomic E-state index is 11.0. The number of benzene rings is 1. The van der Waals surface area contributed by atoms with E-state index in [1.807, 2.05) is 0 Å². The minimum absolute atomic E-state index is 0. The monoisotopic (exact) mass is 259 g/mol. The summed E-state index contributed by atoms with van der Waals surface area (Å²) in [6.07, 6.45) is 0.192. The molecule has 1 saturated heterocycles. The molecule has 0 aromatic heterocycles. The summed E-state index contributed by atoms with van der Waals surface area (Å²) >= 11 is 0. The number of phenolic OH excluding ortho intramolecular Hbond substituents is 1. The molecule has 17 heavy (non-hydrogen) atoms. The van der Waals surface area contributed by atoms with Gasteiger partial charge in [0.25, 0.3) is 0 Å². The first-order valence-corrected chi connectivity index (χ1v) is 5.01. The van der Waals surface area contributed by atoms with Gasteiger partial charge in [-0.3, -0.25) is 0 Å². The first kappa shape index (κ1) is 13.4. The van der Waals surface area contributed by atoms with Gasteiger partial charge in [-0.15, -0.1) is 12.4 Å². The van der Waals surface area contributed by atoms with E-state index in [2.05, 4.69) is 5.32 Å². The molecule has 0 radical (unpaired) electrons. The van der Waals surface area contributed by atoms with Crippen LogP contribution in [0.5, 0.6) is 11.5 Å². The second-order valence-corrected chi connectivity index (χ2v) is 3.55. The Kier molecular flexibility index (Phi) is 4.45. The second-order valence-electron chi connectivity index (χ2n) is 3.55. The normalized spacial score (nSPS) is 18.6. The van der Waals surface area contributed by atoms with E-state index in [1.165, 1.54) is 13.2 Å². The lowest BCUT2D eigenvalue weighted by molar-refractivity contribution is 0.115. The molecule has 0 saturated carbocycles. The first-order chi connectivity index (χ1) is 7.70. The number of hydrogen-bond donors (Lipinski definition) is 2. The molecule has 1 fully saturated rings. The molecule has 2 rings (SSSR count). The van der Waals surface area contributed by atoms with Gasteiger partial charge in [0.1, 0.15) is 11.5 Å². The minimum atomic E-state index is -0.452. The number of carbonyl (C=O) groups excluding carboxylic acids is 1. The largest absolute Gasteiger partial charge is 0.507 e. The number of nitrogens with one attached hydrogen (secondary N) is 1. The standard InChI is InChI=1S/C11H13NO4.ClH/c1-15-7-2-3-8(10(13)6-7)9-4-5-16-11(14)12-9;/h2-3,6,9,13H,4-5H2,1H3,(H,12,14);1H/t9-;/m1./s1. The van der Waals surface area contributed by atoms with Crippen LogP contribution in [0.1, 0.15) is 18.0 Å². The molecular weight excluding hydrogens is 246 g/mol. The fourth-order valence-corrected chi connectivity index (χ4v) is 1.70. The molecule has 1 aliphatic heterocycles. The summed E-state index contributed by atoms with van der Waals surface area (Å²) < 4.78 is 9.74. The van der Waals surface area contributed by atoms with Gasteiger partial charge in [0.05, 0.1) is 19.8 Å². The maximum Gasteiger partial charge on any atom is 0.407 e. The maximum atomic E-state index is 11.0. The highest BCUT2D eigenvalue weighted by Gasteiger charge is 2.23. The molecule has 6 heteroatoms. The van der Waals surface area contributed by atoms with Crippen LogP contribution >= 0.6 is 12.4 Å². The summed E-state index contributed by atoms with van der Waals surface area (Å²) in [5.41, 5.74) is 0.678. The zero-order valence-corrected chi connectivity index (χ0v) is 10.1. The van der Waals surface area contributed by atoms with Crippen molar-refractivity contribution in [1.29, 1.82) is 0 Å². The van der Waals surface area contributed by atoms with E-state index in [1.54, 1.807) is 12.1 Å². The van der Waals surface area contributed by atoms with Gasteiger partial charge in [-0.2, -0.15) is 0 Å². The summed E-state index contributed by atoms with van der Waals surface area (Å²) in [6, 6.07) is 4.81. The molecule has 1 aromatic carbocycles. The van der Waals surface area contributed by atoms with Crippen molar-refractivity contribution in [1.82, 2.24) is 5.32 Å². The van der Waals surface area contributed by atoms with Crippen LogP contribution in [0.25, 0.3) is 0 Å². The number of carbonyl (C=O) groups is 1. The number of alkyl carbamates (subject to hydrolysis) is 1. The van der Waals surface area contributed by atoms with Crippen molar-refractivity contribution in [3.8, 4) is 11.5 Å². The number of ether oxygens (including phenoxy) is 2. The smallest absolute Gasteiger partial charge is 0.407 e. The number of aromatic hydroxyl groups is 1. The van der Waals surface area contributed by atoms with Gasteiger partial charge >= 0.3 is 6.09 Å². The number of cyclic esters (lactones) is 1. The summed E-state index contributed by atoms with van der Waals surface area (Å²) in [5.74, 6) is 0.700. The molecule has 1 aromatic rings. The average molecular weight is 260 g/mol. The lowest BCUT2D eigenvalue weighted by Crippen LogP contribution is -2.35. The van der Waals surface area contributed by atoms with E-state index in [0.717, 1.165) is 0 Å². The number of halogens is 1. The Balaban J connectivity index is 0.00000144. The van der Waals surface area contributed by atoms with E-state index >= 15 is 0 Å². The van der Waals surface area contributed by atoms with Crippen LogP contribution in [0.15, 0.2) is 18.2 Å². The third kappa shape index (κ3) is 2.94. The number of methoxy groups -OCH3 is 1. The number of phenols is 1. The molecule has 0 unspecified atom stereocenters. The van der Waals surface area contributed by atoms with Gasteiger partial charge in [-0.05, 0) is 12.1 Å². The molecule has 1 atom stereocenters. The third-order valence-corrected chi connectivity index (χ3v) is 2.54. The molecule has 0 bridgehead atoms. The zero-order valence-electron chi connectivity index (χ0n) is 9.30. The quantitative estimate of drug-likeness (QED) is 0.852. The fourth-order valence-electron chi connectivity index (χ4n) is 1.70. The molecular formula is C11H14ClNO4. The number of amides is 1. The van der Waals surface area contributed by atoms with Crippen LogP contribution in [-0.4, -0.2) is 24.9 Å². The van der Waals surface area contributed by atoms with Gasteiger partial charge in [-0.1, -0.05) is 0 Å². The van der Waals surface area contributed by atoms with Gasteiger partial charge in [0.15, 0.2) is 0 Å². The average Bonchev–Trinajstić information content (AvgIpc) is 2.28. The molecule has 0 aliphatic carbocycles. The molecule has 1 amide bonds. The summed E-state index contributed by atoms with van der Waals surface area (Å²) in [7, 11) is 1.53. The van der Waals surface area contributed by atoms with Crippen LogP contribution in [0.3, 0.4) is 0 Å². The SMILES string of the molecule is COc1ccc([C@H]2CCOC(=O)N2)c(O)c1.Cl.